The van der Waals surface area contributed by atoms with E-state index in [0.717, 1.165) is 38.3 Å². The van der Waals surface area contributed by atoms with E-state index in [4.69, 9.17) is 5.11 Å². The van der Waals surface area contributed by atoms with Crippen LogP contribution in [0.1, 0.15) is 18.9 Å². The van der Waals surface area contributed by atoms with Gasteiger partial charge in [-0.05, 0) is 31.0 Å². The molecule has 0 unspecified atom stereocenters. The Kier molecular flexibility index (Phi) is 5.21. The molecule has 23 heavy (non-hydrogen) atoms. The van der Waals surface area contributed by atoms with Crippen molar-refractivity contribution >= 4 is 5.69 Å². The third-order valence-corrected chi connectivity index (χ3v) is 5.27. The number of aliphatic hydroxyl groups is 2. The molecule has 0 saturated carbocycles. The Morgan fingerprint density at radius 3 is 2.61 bits per heavy atom. The van der Waals surface area contributed by atoms with Crippen LogP contribution in [-0.4, -0.2) is 78.0 Å². The molecule has 0 spiro atoms. The predicted molar refractivity (Wildman–Crippen MR) is 92.7 cm³/mol. The van der Waals surface area contributed by atoms with E-state index in [0.29, 0.717) is 18.6 Å². The highest BCUT2D eigenvalue weighted by Gasteiger charge is 2.37. The largest absolute Gasteiger partial charge is 0.395 e. The van der Waals surface area contributed by atoms with Crippen LogP contribution in [0.3, 0.4) is 0 Å². The summed E-state index contributed by atoms with van der Waals surface area (Å²) >= 11 is 0. The minimum atomic E-state index is -0.145. The zero-order valence-electron chi connectivity index (χ0n) is 14.2. The maximum atomic E-state index is 9.87. The van der Waals surface area contributed by atoms with Crippen LogP contribution in [0, 0.1) is 0 Å². The second-order valence-electron chi connectivity index (χ2n) is 7.09. The van der Waals surface area contributed by atoms with E-state index in [2.05, 4.69) is 45.9 Å². The number of benzene rings is 1. The fraction of sp³-hybridized carbons (Fsp3) is 0.667. The maximum Gasteiger partial charge on any atom is 0.0682 e. The third-order valence-electron chi connectivity index (χ3n) is 5.27. The van der Waals surface area contributed by atoms with E-state index in [-0.39, 0.29) is 12.7 Å². The number of nitrogens with zero attached hydrogens (tertiary/aromatic N) is 3. The molecule has 2 heterocycles. The molecular weight excluding hydrogens is 290 g/mol. The number of rotatable bonds is 5. The van der Waals surface area contributed by atoms with Gasteiger partial charge in [0, 0.05) is 57.5 Å². The van der Waals surface area contributed by atoms with E-state index in [1.807, 2.05) is 7.05 Å². The van der Waals surface area contributed by atoms with Gasteiger partial charge in [-0.25, -0.2) is 0 Å². The molecule has 2 N–H and O–H groups in total. The first-order valence-corrected chi connectivity index (χ1v) is 8.64. The first kappa shape index (κ1) is 16.7. The molecule has 0 bridgehead atoms. The SMILES string of the molecule is C[C@H]1CN2C[C@H](O)C[C@@H]2CN1Cc1ccc(N(C)CCO)cc1. The van der Waals surface area contributed by atoms with Crippen LogP contribution in [0.15, 0.2) is 24.3 Å². The molecule has 2 saturated heterocycles. The number of anilines is 1. The van der Waals surface area contributed by atoms with Crippen molar-refractivity contribution < 1.29 is 10.2 Å². The Morgan fingerprint density at radius 1 is 1.17 bits per heavy atom. The zero-order valence-corrected chi connectivity index (χ0v) is 14.2. The smallest absolute Gasteiger partial charge is 0.0682 e. The van der Waals surface area contributed by atoms with Gasteiger partial charge >= 0.3 is 0 Å². The summed E-state index contributed by atoms with van der Waals surface area (Å²) in [7, 11) is 2.00. The summed E-state index contributed by atoms with van der Waals surface area (Å²) in [5.41, 5.74) is 2.46. The van der Waals surface area contributed by atoms with Crippen molar-refractivity contribution in [2.45, 2.75) is 38.1 Å². The number of hydrogen-bond donors (Lipinski definition) is 2. The number of hydrogen-bond acceptors (Lipinski definition) is 5. The van der Waals surface area contributed by atoms with Crippen LogP contribution in [-0.2, 0) is 6.54 Å². The fourth-order valence-corrected chi connectivity index (χ4v) is 3.87. The van der Waals surface area contributed by atoms with E-state index >= 15 is 0 Å². The second-order valence-corrected chi connectivity index (χ2v) is 7.09. The molecular formula is C18H29N3O2. The van der Waals surface area contributed by atoms with E-state index < -0.39 is 0 Å². The Labute approximate surface area is 139 Å². The summed E-state index contributed by atoms with van der Waals surface area (Å²) in [6.07, 6.45) is 0.766. The number of piperazine rings is 1. The summed E-state index contributed by atoms with van der Waals surface area (Å²) in [6.45, 7) is 7.02. The third kappa shape index (κ3) is 3.86. The molecule has 3 atom stereocenters. The van der Waals surface area contributed by atoms with Gasteiger partial charge in [0.25, 0.3) is 0 Å². The van der Waals surface area contributed by atoms with Crippen LogP contribution in [0.25, 0.3) is 0 Å². The first-order valence-electron chi connectivity index (χ1n) is 8.64. The first-order chi connectivity index (χ1) is 11.1. The molecule has 1 aromatic rings. The van der Waals surface area contributed by atoms with Gasteiger partial charge < -0.3 is 15.1 Å². The maximum absolute atomic E-state index is 9.87. The van der Waals surface area contributed by atoms with E-state index in [9.17, 15) is 5.11 Å². The van der Waals surface area contributed by atoms with Crippen LogP contribution >= 0.6 is 0 Å². The lowest BCUT2D eigenvalue weighted by Gasteiger charge is -2.42. The quantitative estimate of drug-likeness (QED) is 0.839. The Hall–Kier alpha value is -1.14. The normalized spacial score (nSPS) is 28.8. The van der Waals surface area contributed by atoms with Crippen molar-refractivity contribution in [2.24, 2.45) is 0 Å². The highest BCUT2D eigenvalue weighted by molar-refractivity contribution is 5.46. The van der Waals surface area contributed by atoms with Crippen molar-refractivity contribution in [3.63, 3.8) is 0 Å². The average molecular weight is 319 g/mol. The second kappa shape index (κ2) is 7.18. The van der Waals surface area contributed by atoms with Crippen molar-refractivity contribution in [1.29, 1.82) is 0 Å². The van der Waals surface area contributed by atoms with Gasteiger partial charge in [0.2, 0.25) is 0 Å². The monoisotopic (exact) mass is 319 g/mol. The minimum absolute atomic E-state index is 0.145. The summed E-state index contributed by atoms with van der Waals surface area (Å²) in [5, 5.41) is 18.9. The minimum Gasteiger partial charge on any atom is -0.395 e. The Balaban J connectivity index is 1.60. The topological polar surface area (TPSA) is 50.2 Å². The Morgan fingerprint density at radius 2 is 1.91 bits per heavy atom. The van der Waals surface area contributed by atoms with Crippen LogP contribution in [0.4, 0.5) is 5.69 Å². The lowest BCUT2D eigenvalue weighted by Crippen LogP contribution is -2.54. The molecule has 5 heteroatoms. The zero-order chi connectivity index (χ0) is 16.4. The van der Waals surface area contributed by atoms with Crippen molar-refractivity contribution in [3.8, 4) is 0 Å². The summed E-state index contributed by atoms with van der Waals surface area (Å²) in [5.74, 6) is 0. The lowest BCUT2D eigenvalue weighted by molar-refractivity contribution is 0.0528. The van der Waals surface area contributed by atoms with Gasteiger partial charge in [-0.2, -0.15) is 0 Å². The van der Waals surface area contributed by atoms with E-state index in [1.165, 1.54) is 5.56 Å². The van der Waals surface area contributed by atoms with Crippen LogP contribution in [0.5, 0.6) is 0 Å². The molecule has 2 fully saturated rings. The Bertz CT molecular complexity index is 507. The van der Waals surface area contributed by atoms with Crippen molar-refractivity contribution in [2.75, 3.05) is 44.7 Å². The molecule has 128 valence electrons. The van der Waals surface area contributed by atoms with Crippen LogP contribution < -0.4 is 4.90 Å². The summed E-state index contributed by atoms with van der Waals surface area (Å²) < 4.78 is 0. The molecule has 3 rings (SSSR count). The van der Waals surface area contributed by atoms with Gasteiger partial charge in [-0.1, -0.05) is 12.1 Å². The van der Waals surface area contributed by atoms with Gasteiger partial charge in [-0.15, -0.1) is 0 Å². The molecule has 0 amide bonds. The number of likely N-dealkylation sites (N-methyl/N-ethyl adjacent to an activating group) is 1. The highest BCUT2D eigenvalue weighted by Crippen LogP contribution is 2.26. The van der Waals surface area contributed by atoms with Crippen LogP contribution in [0.2, 0.25) is 0 Å². The molecule has 0 radical (unpaired) electrons. The van der Waals surface area contributed by atoms with Gasteiger partial charge in [0.1, 0.15) is 0 Å². The summed E-state index contributed by atoms with van der Waals surface area (Å²) in [4.78, 5) is 7.04. The summed E-state index contributed by atoms with van der Waals surface area (Å²) in [6, 6.07) is 9.66. The van der Waals surface area contributed by atoms with Crippen molar-refractivity contribution in [3.05, 3.63) is 29.8 Å². The molecule has 2 aliphatic heterocycles. The van der Waals surface area contributed by atoms with Gasteiger partial charge in [0.05, 0.1) is 12.7 Å². The average Bonchev–Trinajstić information content (AvgIpc) is 2.87. The molecule has 0 aromatic heterocycles. The van der Waals surface area contributed by atoms with Crippen molar-refractivity contribution in [1.82, 2.24) is 9.80 Å². The van der Waals surface area contributed by atoms with Gasteiger partial charge in [0.15, 0.2) is 0 Å². The lowest BCUT2D eigenvalue weighted by atomic mass is 10.1. The predicted octanol–water partition coefficient (Wildman–Crippen LogP) is 0.754. The number of fused-ring (bicyclic) bond motifs is 1. The molecule has 2 aliphatic rings. The van der Waals surface area contributed by atoms with Gasteiger partial charge in [-0.3, -0.25) is 9.80 Å². The molecule has 5 nitrogen and oxygen atoms in total. The molecule has 1 aromatic carbocycles. The standard InChI is InChI=1S/C18H29N3O2/c1-14-10-21-13-18(23)9-17(21)12-20(14)11-15-3-5-16(6-4-15)19(2)7-8-22/h3-6,14,17-18,22-23H,7-13H2,1-2H3/t14-,17+,18+/m0/s1. The fourth-order valence-electron chi connectivity index (χ4n) is 3.87. The van der Waals surface area contributed by atoms with E-state index in [1.54, 1.807) is 0 Å². The highest BCUT2D eigenvalue weighted by atomic mass is 16.3. The molecule has 0 aliphatic carbocycles. The number of aliphatic hydroxyl groups excluding tert-OH is 2.